The highest BCUT2D eigenvalue weighted by Gasteiger charge is 2.38. The summed E-state index contributed by atoms with van der Waals surface area (Å²) in [5.74, 6) is 0.287. The topological polar surface area (TPSA) is 70.2 Å². The third-order valence-corrected chi connectivity index (χ3v) is 4.97. The molecule has 3 amide bonds. The van der Waals surface area contributed by atoms with Gasteiger partial charge in [0.1, 0.15) is 5.75 Å². The highest BCUT2D eigenvalue weighted by atomic mass is 16.5. The number of carbonyl (C=O) groups is 3. The van der Waals surface area contributed by atoms with Crippen molar-refractivity contribution in [2.24, 2.45) is 5.92 Å². The Morgan fingerprint density at radius 3 is 2.42 bits per heavy atom. The molecule has 140 valence electrons. The van der Waals surface area contributed by atoms with Crippen LogP contribution >= 0.6 is 0 Å². The van der Waals surface area contributed by atoms with Crippen molar-refractivity contribution >= 4 is 23.4 Å². The highest BCUT2D eigenvalue weighted by Crippen LogP contribution is 2.33. The normalized spacial score (nSPS) is 20.5. The summed E-state index contributed by atoms with van der Waals surface area (Å²) < 4.78 is 5.62. The molecule has 2 aliphatic heterocycles. The number of hydrogen-bond donors (Lipinski definition) is 0. The second kappa shape index (κ2) is 7.76. The molecule has 26 heavy (non-hydrogen) atoms. The average Bonchev–Trinajstić information content (AvgIpc) is 3.03. The van der Waals surface area contributed by atoms with Crippen LogP contribution in [-0.2, 0) is 14.4 Å². The van der Waals surface area contributed by atoms with Gasteiger partial charge in [-0.1, -0.05) is 12.1 Å². The van der Waals surface area contributed by atoms with Crippen LogP contribution in [0, 0.1) is 5.92 Å². The van der Waals surface area contributed by atoms with Gasteiger partial charge in [0.15, 0.2) is 0 Å². The van der Waals surface area contributed by atoms with Crippen LogP contribution in [0.15, 0.2) is 24.3 Å². The van der Waals surface area contributed by atoms with Gasteiger partial charge in [0, 0.05) is 46.1 Å². The Hall–Kier alpha value is -2.57. The van der Waals surface area contributed by atoms with Crippen LogP contribution < -0.4 is 9.64 Å². The predicted octanol–water partition coefficient (Wildman–Crippen LogP) is 1.13. The van der Waals surface area contributed by atoms with Crippen molar-refractivity contribution in [3.8, 4) is 5.75 Å². The Balaban J connectivity index is 1.66. The van der Waals surface area contributed by atoms with E-state index in [9.17, 15) is 14.4 Å². The summed E-state index contributed by atoms with van der Waals surface area (Å²) in [6.45, 7) is 6.49. The van der Waals surface area contributed by atoms with E-state index in [1.54, 1.807) is 21.6 Å². The third kappa shape index (κ3) is 3.66. The Labute approximate surface area is 153 Å². The van der Waals surface area contributed by atoms with Gasteiger partial charge in [-0.3, -0.25) is 14.4 Å². The molecule has 2 saturated heterocycles. The number of hydrogen-bond acceptors (Lipinski definition) is 4. The van der Waals surface area contributed by atoms with Crippen molar-refractivity contribution in [2.75, 3.05) is 44.2 Å². The van der Waals surface area contributed by atoms with E-state index in [4.69, 9.17) is 4.74 Å². The molecule has 1 atom stereocenters. The van der Waals surface area contributed by atoms with Gasteiger partial charge >= 0.3 is 0 Å². The van der Waals surface area contributed by atoms with Crippen molar-refractivity contribution in [3.05, 3.63) is 24.3 Å². The molecular weight excluding hydrogens is 334 g/mol. The highest BCUT2D eigenvalue weighted by molar-refractivity contribution is 6.01. The number of benzene rings is 1. The van der Waals surface area contributed by atoms with E-state index in [2.05, 4.69) is 0 Å². The van der Waals surface area contributed by atoms with Gasteiger partial charge < -0.3 is 19.4 Å². The fourth-order valence-corrected chi connectivity index (χ4v) is 3.56. The molecule has 2 fully saturated rings. The minimum atomic E-state index is -0.346. The number of ether oxygens (including phenoxy) is 1. The standard InChI is InChI=1S/C19H25N3O4/c1-3-26-17-7-5-4-6-16(17)22-13-15(12-18(22)24)19(25)21-10-8-20(9-11-21)14(2)23/h4-7,15H,3,8-13H2,1-2H3/t15-/m1/s1. The van der Waals surface area contributed by atoms with Crippen LogP contribution in [-0.4, -0.2) is 66.9 Å². The van der Waals surface area contributed by atoms with Gasteiger partial charge in [0.05, 0.1) is 18.2 Å². The molecule has 0 unspecified atom stereocenters. The van der Waals surface area contributed by atoms with Crippen molar-refractivity contribution in [1.29, 1.82) is 0 Å². The van der Waals surface area contributed by atoms with E-state index in [1.807, 2.05) is 31.2 Å². The quantitative estimate of drug-likeness (QED) is 0.808. The van der Waals surface area contributed by atoms with Crippen LogP contribution in [0.1, 0.15) is 20.3 Å². The van der Waals surface area contributed by atoms with Gasteiger partial charge in [-0.25, -0.2) is 0 Å². The lowest BCUT2D eigenvalue weighted by atomic mass is 10.1. The van der Waals surface area contributed by atoms with E-state index in [1.165, 1.54) is 0 Å². The van der Waals surface area contributed by atoms with Gasteiger partial charge in [0.2, 0.25) is 17.7 Å². The van der Waals surface area contributed by atoms with E-state index in [0.717, 1.165) is 5.69 Å². The number of carbonyl (C=O) groups excluding carboxylic acids is 3. The zero-order chi connectivity index (χ0) is 18.7. The molecule has 0 aliphatic carbocycles. The zero-order valence-corrected chi connectivity index (χ0v) is 15.3. The fourth-order valence-electron chi connectivity index (χ4n) is 3.56. The summed E-state index contributed by atoms with van der Waals surface area (Å²) in [4.78, 5) is 41.9. The van der Waals surface area contributed by atoms with Gasteiger partial charge in [0.25, 0.3) is 0 Å². The first kappa shape index (κ1) is 18.2. The number of rotatable bonds is 4. The smallest absolute Gasteiger partial charge is 0.228 e. The maximum absolute atomic E-state index is 12.8. The first-order valence-electron chi connectivity index (χ1n) is 9.07. The van der Waals surface area contributed by atoms with E-state index in [0.29, 0.717) is 45.1 Å². The zero-order valence-electron chi connectivity index (χ0n) is 15.3. The largest absolute Gasteiger partial charge is 0.492 e. The second-order valence-corrected chi connectivity index (χ2v) is 6.64. The molecule has 1 aromatic carbocycles. The molecule has 7 heteroatoms. The molecule has 1 aromatic rings. The van der Waals surface area contributed by atoms with Gasteiger partial charge in [-0.2, -0.15) is 0 Å². The molecule has 0 saturated carbocycles. The Kier molecular flexibility index (Phi) is 5.44. The summed E-state index contributed by atoms with van der Waals surface area (Å²) in [5.41, 5.74) is 0.719. The number of piperazine rings is 1. The molecule has 0 N–H and O–H groups in total. The third-order valence-electron chi connectivity index (χ3n) is 4.97. The molecule has 7 nitrogen and oxygen atoms in total. The lowest BCUT2D eigenvalue weighted by Gasteiger charge is -2.35. The molecule has 3 rings (SSSR count). The minimum absolute atomic E-state index is 0.00190. The summed E-state index contributed by atoms with van der Waals surface area (Å²) in [7, 11) is 0. The number of nitrogens with zero attached hydrogens (tertiary/aromatic N) is 3. The van der Waals surface area contributed by atoms with Gasteiger partial charge in [-0.15, -0.1) is 0 Å². The predicted molar refractivity (Wildman–Crippen MR) is 96.9 cm³/mol. The van der Waals surface area contributed by atoms with Gasteiger partial charge in [-0.05, 0) is 19.1 Å². The van der Waals surface area contributed by atoms with E-state index < -0.39 is 0 Å². The van der Waals surface area contributed by atoms with Crippen LogP contribution in [0.4, 0.5) is 5.69 Å². The Bertz CT molecular complexity index is 698. The summed E-state index contributed by atoms with van der Waals surface area (Å²) in [5, 5.41) is 0. The molecule has 2 aliphatic rings. The Morgan fingerprint density at radius 1 is 1.12 bits per heavy atom. The maximum atomic E-state index is 12.8. The molecule has 0 radical (unpaired) electrons. The second-order valence-electron chi connectivity index (χ2n) is 6.64. The van der Waals surface area contributed by atoms with Crippen molar-refractivity contribution < 1.29 is 19.1 Å². The monoisotopic (exact) mass is 359 g/mol. The number of anilines is 1. The average molecular weight is 359 g/mol. The maximum Gasteiger partial charge on any atom is 0.228 e. The summed E-state index contributed by atoms with van der Waals surface area (Å²) >= 11 is 0. The lowest BCUT2D eigenvalue weighted by Crippen LogP contribution is -2.51. The van der Waals surface area contributed by atoms with Crippen LogP contribution in [0.5, 0.6) is 5.75 Å². The van der Waals surface area contributed by atoms with Crippen molar-refractivity contribution in [2.45, 2.75) is 20.3 Å². The van der Waals surface area contributed by atoms with E-state index in [-0.39, 0.29) is 30.1 Å². The Morgan fingerprint density at radius 2 is 1.77 bits per heavy atom. The summed E-state index contributed by atoms with van der Waals surface area (Å²) in [6, 6.07) is 7.41. The van der Waals surface area contributed by atoms with Crippen molar-refractivity contribution in [1.82, 2.24) is 9.80 Å². The number of para-hydroxylation sites is 2. The molecule has 2 heterocycles. The van der Waals surface area contributed by atoms with Crippen LogP contribution in [0.25, 0.3) is 0 Å². The van der Waals surface area contributed by atoms with E-state index >= 15 is 0 Å². The summed E-state index contributed by atoms with van der Waals surface area (Å²) in [6.07, 6.45) is 0.214. The van der Waals surface area contributed by atoms with Crippen molar-refractivity contribution in [3.63, 3.8) is 0 Å². The molecule has 0 bridgehead atoms. The first-order chi connectivity index (χ1) is 12.5. The molecular formula is C19H25N3O4. The SMILES string of the molecule is CCOc1ccccc1N1C[C@H](C(=O)N2CCN(C(C)=O)CC2)CC1=O. The minimum Gasteiger partial charge on any atom is -0.492 e. The number of amides is 3. The molecule has 0 aromatic heterocycles. The molecule has 0 spiro atoms. The fraction of sp³-hybridized carbons (Fsp3) is 0.526. The lowest BCUT2D eigenvalue weighted by molar-refractivity contribution is -0.141. The first-order valence-corrected chi connectivity index (χ1v) is 9.07. The van der Waals surface area contributed by atoms with Crippen LogP contribution in [0.2, 0.25) is 0 Å². The van der Waals surface area contributed by atoms with Crippen LogP contribution in [0.3, 0.4) is 0 Å².